The summed E-state index contributed by atoms with van der Waals surface area (Å²) in [6.45, 7) is 4.21. The molecule has 0 aliphatic carbocycles. The van der Waals surface area contributed by atoms with Gasteiger partial charge in [0.05, 0.1) is 10.7 Å². The number of nitrogens with one attached hydrogen (secondary N) is 1. The van der Waals surface area contributed by atoms with Crippen LogP contribution in [-0.2, 0) is 0 Å². The second kappa shape index (κ2) is 5.93. The lowest BCUT2D eigenvalue weighted by atomic mass is 10.1. The summed E-state index contributed by atoms with van der Waals surface area (Å²) in [7, 11) is 0. The number of anilines is 1. The minimum absolute atomic E-state index is 0.237. The van der Waals surface area contributed by atoms with Crippen molar-refractivity contribution in [3.05, 3.63) is 62.2 Å². The third-order valence-electron chi connectivity index (χ3n) is 2.86. The zero-order valence-electron chi connectivity index (χ0n) is 10.4. The van der Waals surface area contributed by atoms with Gasteiger partial charge >= 0.3 is 0 Å². The topological polar surface area (TPSA) is 12.0 Å². The van der Waals surface area contributed by atoms with Crippen molar-refractivity contribution in [2.75, 3.05) is 5.32 Å². The predicted molar refractivity (Wildman–Crippen MR) is 87.4 cm³/mol. The summed E-state index contributed by atoms with van der Waals surface area (Å²) in [5.74, 6) is 0. The Bertz CT molecular complexity index is 537. The molecule has 1 N–H and O–H groups in total. The maximum atomic E-state index is 6.19. The molecular formula is C15H15ClIN. The van der Waals surface area contributed by atoms with Crippen molar-refractivity contribution >= 4 is 39.9 Å². The smallest absolute Gasteiger partial charge is 0.0637 e. The van der Waals surface area contributed by atoms with Crippen molar-refractivity contribution < 1.29 is 0 Å². The Balaban J connectivity index is 2.18. The highest BCUT2D eigenvalue weighted by Crippen LogP contribution is 2.27. The monoisotopic (exact) mass is 371 g/mol. The summed E-state index contributed by atoms with van der Waals surface area (Å²) >= 11 is 8.50. The molecule has 3 heteroatoms. The van der Waals surface area contributed by atoms with Crippen LogP contribution in [0, 0.1) is 10.5 Å². The molecule has 2 rings (SSSR count). The third kappa shape index (κ3) is 3.39. The van der Waals surface area contributed by atoms with E-state index in [1.807, 2.05) is 12.1 Å². The highest BCUT2D eigenvalue weighted by atomic mass is 127. The van der Waals surface area contributed by atoms with Gasteiger partial charge in [-0.1, -0.05) is 29.8 Å². The Kier molecular flexibility index (Phi) is 4.51. The van der Waals surface area contributed by atoms with Crippen LogP contribution >= 0.6 is 34.2 Å². The van der Waals surface area contributed by atoms with Gasteiger partial charge in [0.15, 0.2) is 0 Å². The van der Waals surface area contributed by atoms with Gasteiger partial charge in [-0.25, -0.2) is 0 Å². The van der Waals surface area contributed by atoms with Gasteiger partial charge in [-0.3, -0.25) is 0 Å². The average Bonchev–Trinajstić information content (AvgIpc) is 2.34. The van der Waals surface area contributed by atoms with Gasteiger partial charge in [0.2, 0.25) is 0 Å². The molecule has 0 saturated carbocycles. The first-order valence-corrected chi connectivity index (χ1v) is 7.30. The molecule has 0 bridgehead atoms. The van der Waals surface area contributed by atoms with E-state index >= 15 is 0 Å². The summed E-state index contributed by atoms with van der Waals surface area (Å²) in [5, 5.41) is 4.21. The highest BCUT2D eigenvalue weighted by molar-refractivity contribution is 14.1. The van der Waals surface area contributed by atoms with Crippen LogP contribution in [0.3, 0.4) is 0 Å². The first-order valence-electron chi connectivity index (χ1n) is 5.84. The lowest BCUT2D eigenvalue weighted by Gasteiger charge is -2.17. The molecule has 0 saturated heterocycles. The lowest BCUT2D eigenvalue weighted by Crippen LogP contribution is -2.07. The summed E-state index contributed by atoms with van der Waals surface area (Å²) in [4.78, 5) is 0. The van der Waals surface area contributed by atoms with Gasteiger partial charge in [0.25, 0.3) is 0 Å². The fourth-order valence-corrected chi connectivity index (χ4v) is 2.35. The van der Waals surface area contributed by atoms with Crippen LogP contribution in [0.2, 0.25) is 5.02 Å². The van der Waals surface area contributed by atoms with Gasteiger partial charge in [-0.05, 0) is 71.8 Å². The first kappa shape index (κ1) is 13.7. The Hall–Kier alpha value is -0.740. The standard InChI is InChI=1S/C15H15ClIN/c1-10-3-8-14(16)15(9-10)18-11(2)12-4-6-13(17)7-5-12/h3-9,11,18H,1-2H3. The fourth-order valence-electron chi connectivity index (χ4n) is 1.82. The third-order valence-corrected chi connectivity index (χ3v) is 3.91. The van der Waals surface area contributed by atoms with E-state index in [4.69, 9.17) is 11.6 Å². The van der Waals surface area contributed by atoms with Crippen LogP contribution in [0.5, 0.6) is 0 Å². The normalized spacial score (nSPS) is 12.2. The second-order valence-corrected chi connectivity index (χ2v) is 6.05. The second-order valence-electron chi connectivity index (χ2n) is 4.40. The van der Waals surface area contributed by atoms with E-state index in [0.717, 1.165) is 10.7 Å². The van der Waals surface area contributed by atoms with E-state index < -0.39 is 0 Å². The maximum Gasteiger partial charge on any atom is 0.0637 e. The van der Waals surface area contributed by atoms with Crippen LogP contribution in [0.1, 0.15) is 24.1 Å². The molecular weight excluding hydrogens is 357 g/mol. The molecule has 1 atom stereocenters. The molecule has 0 spiro atoms. The van der Waals surface area contributed by atoms with Gasteiger partial charge in [0.1, 0.15) is 0 Å². The minimum Gasteiger partial charge on any atom is -0.377 e. The largest absolute Gasteiger partial charge is 0.377 e. The van der Waals surface area contributed by atoms with Gasteiger partial charge in [-0.2, -0.15) is 0 Å². The van der Waals surface area contributed by atoms with Crippen molar-refractivity contribution in [3.8, 4) is 0 Å². The Morgan fingerprint density at radius 2 is 1.78 bits per heavy atom. The molecule has 0 aliphatic heterocycles. The van der Waals surface area contributed by atoms with Crippen LogP contribution < -0.4 is 5.32 Å². The number of aryl methyl sites for hydroxylation is 1. The molecule has 0 fully saturated rings. The zero-order chi connectivity index (χ0) is 13.1. The van der Waals surface area contributed by atoms with E-state index in [2.05, 4.69) is 72.1 Å². The van der Waals surface area contributed by atoms with Crippen molar-refractivity contribution in [3.63, 3.8) is 0 Å². The SMILES string of the molecule is Cc1ccc(Cl)c(NC(C)c2ccc(I)cc2)c1. The lowest BCUT2D eigenvalue weighted by molar-refractivity contribution is 0.884. The number of halogens is 2. The van der Waals surface area contributed by atoms with E-state index in [1.54, 1.807) is 0 Å². The molecule has 0 aliphatic rings. The van der Waals surface area contributed by atoms with Crippen molar-refractivity contribution in [1.82, 2.24) is 0 Å². The van der Waals surface area contributed by atoms with E-state index in [1.165, 1.54) is 14.7 Å². The summed E-state index contributed by atoms with van der Waals surface area (Å²) in [6, 6.07) is 14.8. The van der Waals surface area contributed by atoms with Crippen LogP contribution in [0.25, 0.3) is 0 Å². The molecule has 94 valence electrons. The molecule has 0 heterocycles. The molecule has 2 aromatic carbocycles. The molecule has 0 radical (unpaired) electrons. The molecule has 2 aromatic rings. The van der Waals surface area contributed by atoms with Crippen molar-refractivity contribution in [2.45, 2.75) is 19.9 Å². The highest BCUT2D eigenvalue weighted by Gasteiger charge is 2.07. The van der Waals surface area contributed by atoms with Gasteiger partial charge in [0, 0.05) is 9.61 Å². The van der Waals surface area contributed by atoms with E-state index in [-0.39, 0.29) is 6.04 Å². The minimum atomic E-state index is 0.237. The first-order chi connectivity index (χ1) is 8.56. The summed E-state index contributed by atoms with van der Waals surface area (Å²) in [5.41, 5.74) is 3.45. The predicted octanol–water partition coefficient (Wildman–Crippen LogP) is 5.43. The van der Waals surface area contributed by atoms with Crippen molar-refractivity contribution in [1.29, 1.82) is 0 Å². The quantitative estimate of drug-likeness (QED) is 0.710. The summed E-state index contributed by atoms with van der Waals surface area (Å²) in [6.07, 6.45) is 0. The number of hydrogen-bond donors (Lipinski definition) is 1. The average molecular weight is 372 g/mol. The van der Waals surface area contributed by atoms with Gasteiger partial charge in [-0.15, -0.1) is 0 Å². The van der Waals surface area contributed by atoms with E-state index in [0.29, 0.717) is 0 Å². The number of hydrogen-bond acceptors (Lipinski definition) is 1. The Morgan fingerprint density at radius 1 is 1.11 bits per heavy atom. The van der Waals surface area contributed by atoms with Crippen LogP contribution in [0.4, 0.5) is 5.69 Å². The zero-order valence-corrected chi connectivity index (χ0v) is 13.3. The Labute approximate surface area is 127 Å². The summed E-state index contributed by atoms with van der Waals surface area (Å²) < 4.78 is 1.25. The van der Waals surface area contributed by atoms with Crippen molar-refractivity contribution in [2.24, 2.45) is 0 Å². The van der Waals surface area contributed by atoms with Gasteiger partial charge < -0.3 is 5.32 Å². The number of rotatable bonds is 3. The van der Waals surface area contributed by atoms with E-state index in [9.17, 15) is 0 Å². The maximum absolute atomic E-state index is 6.19. The molecule has 0 aromatic heterocycles. The molecule has 18 heavy (non-hydrogen) atoms. The molecule has 1 unspecified atom stereocenters. The van der Waals surface area contributed by atoms with Crippen LogP contribution in [-0.4, -0.2) is 0 Å². The molecule has 0 amide bonds. The molecule has 1 nitrogen and oxygen atoms in total. The Morgan fingerprint density at radius 3 is 2.44 bits per heavy atom. The fraction of sp³-hybridized carbons (Fsp3) is 0.200. The van der Waals surface area contributed by atoms with Crippen LogP contribution in [0.15, 0.2) is 42.5 Å². The number of benzene rings is 2.